The molecule has 1 fully saturated rings. The van der Waals surface area contributed by atoms with Crippen molar-refractivity contribution in [2.24, 2.45) is 5.11 Å². The van der Waals surface area contributed by atoms with Crippen LogP contribution in [0.15, 0.2) is 41.5 Å². The quantitative estimate of drug-likeness (QED) is 0.461. The molecular formula is C17H18N4. The molecule has 1 saturated heterocycles. The third-order valence-corrected chi connectivity index (χ3v) is 4.95. The number of likely N-dealkylation sites (tertiary alicyclic amines) is 1. The zero-order valence-corrected chi connectivity index (χ0v) is 11.9. The van der Waals surface area contributed by atoms with Gasteiger partial charge < -0.3 is 0 Å². The van der Waals surface area contributed by atoms with Gasteiger partial charge in [-0.05, 0) is 59.8 Å². The topological polar surface area (TPSA) is 52.0 Å². The van der Waals surface area contributed by atoms with Crippen LogP contribution < -0.4 is 0 Å². The predicted molar refractivity (Wildman–Crippen MR) is 84.1 cm³/mol. The van der Waals surface area contributed by atoms with Crippen molar-refractivity contribution in [3.63, 3.8) is 0 Å². The fraction of sp³-hybridized carbons (Fsp3) is 0.412. The molecule has 0 radical (unpaired) electrons. The summed E-state index contributed by atoms with van der Waals surface area (Å²) < 4.78 is 0. The van der Waals surface area contributed by atoms with Gasteiger partial charge in [0.15, 0.2) is 0 Å². The van der Waals surface area contributed by atoms with Gasteiger partial charge in [0.25, 0.3) is 0 Å². The van der Waals surface area contributed by atoms with E-state index < -0.39 is 0 Å². The molecule has 1 unspecified atom stereocenters. The Morgan fingerprint density at radius 1 is 1.10 bits per heavy atom. The highest BCUT2D eigenvalue weighted by Gasteiger charge is 2.31. The minimum absolute atomic E-state index is 0.186. The summed E-state index contributed by atoms with van der Waals surface area (Å²) in [6.07, 6.45) is 3.07. The molecule has 1 aliphatic carbocycles. The van der Waals surface area contributed by atoms with E-state index in [1.807, 2.05) is 0 Å². The minimum Gasteiger partial charge on any atom is -0.296 e. The van der Waals surface area contributed by atoms with Gasteiger partial charge in [0.1, 0.15) is 0 Å². The lowest BCUT2D eigenvalue weighted by molar-refractivity contribution is 0.156. The molecule has 0 amide bonds. The first kappa shape index (κ1) is 12.7. The van der Waals surface area contributed by atoms with E-state index in [-0.39, 0.29) is 6.04 Å². The van der Waals surface area contributed by atoms with Gasteiger partial charge in [-0.2, -0.15) is 0 Å². The standard InChI is InChI=1S/C17H18N4/c18-20-19-14-7-9-21(10-8-14)16-11-13-5-1-3-12-4-2-6-15(16)17(12)13/h1-6,14,16H,7-11H2. The van der Waals surface area contributed by atoms with Gasteiger partial charge >= 0.3 is 0 Å². The van der Waals surface area contributed by atoms with E-state index in [0.717, 1.165) is 32.4 Å². The zero-order chi connectivity index (χ0) is 14.2. The summed E-state index contributed by atoms with van der Waals surface area (Å²) in [6.45, 7) is 2.05. The summed E-state index contributed by atoms with van der Waals surface area (Å²) in [5, 5.41) is 6.69. The lowest BCUT2D eigenvalue weighted by atomic mass is 10.00. The zero-order valence-electron chi connectivity index (χ0n) is 11.9. The maximum Gasteiger partial charge on any atom is 0.0398 e. The lowest BCUT2D eigenvalue weighted by Crippen LogP contribution is -2.37. The first-order valence-electron chi connectivity index (χ1n) is 7.65. The van der Waals surface area contributed by atoms with Crippen LogP contribution in [-0.2, 0) is 6.42 Å². The Bertz CT molecular complexity index is 719. The number of hydrogen-bond acceptors (Lipinski definition) is 2. The van der Waals surface area contributed by atoms with Crippen molar-refractivity contribution < 1.29 is 0 Å². The molecule has 21 heavy (non-hydrogen) atoms. The van der Waals surface area contributed by atoms with Crippen molar-refractivity contribution >= 4 is 10.8 Å². The van der Waals surface area contributed by atoms with Crippen LogP contribution in [0.2, 0.25) is 0 Å². The highest BCUT2D eigenvalue weighted by Crippen LogP contribution is 2.40. The monoisotopic (exact) mass is 278 g/mol. The Hall–Kier alpha value is -2.03. The molecule has 0 N–H and O–H groups in total. The number of rotatable bonds is 2. The summed E-state index contributed by atoms with van der Waals surface area (Å²) in [7, 11) is 0. The molecule has 2 aromatic rings. The molecule has 0 bridgehead atoms. The average Bonchev–Trinajstić information content (AvgIpc) is 2.90. The molecule has 1 aliphatic heterocycles. The van der Waals surface area contributed by atoms with E-state index in [4.69, 9.17) is 5.53 Å². The molecular weight excluding hydrogens is 260 g/mol. The van der Waals surface area contributed by atoms with Gasteiger partial charge in [0, 0.05) is 17.0 Å². The normalized spacial score (nSPS) is 22.4. The molecule has 2 aromatic carbocycles. The van der Waals surface area contributed by atoms with Crippen LogP contribution in [-0.4, -0.2) is 24.0 Å². The molecule has 0 aromatic heterocycles. The van der Waals surface area contributed by atoms with E-state index in [2.05, 4.69) is 51.3 Å². The second kappa shape index (κ2) is 5.06. The molecule has 1 heterocycles. The maximum atomic E-state index is 8.56. The van der Waals surface area contributed by atoms with Crippen molar-refractivity contribution in [3.8, 4) is 0 Å². The van der Waals surface area contributed by atoms with E-state index in [1.54, 1.807) is 0 Å². The predicted octanol–water partition coefficient (Wildman–Crippen LogP) is 4.21. The summed E-state index contributed by atoms with van der Waals surface area (Å²) in [6, 6.07) is 14.0. The van der Waals surface area contributed by atoms with Crippen LogP contribution in [0.4, 0.5) is 0 Å². The third kappa shape index (κ3) is 2.08. The van der Waals surface area contributed by atoms with Gasteiger partial charge in [-0.3, -0.25) is 4.90 Å². The smallest absolute Gasteiger partial charge is 0.0398 e. The van der Waals surface area contributed by atoms with Crippen molar-refractivity contribution in [1.82, 2.24) is 4.90 Å². The first-order chi connectivity index (χ1) is 10.4. The number of benzene rings is 2. The lowest BCUT2D eigenvalue weighted by Gasteiger charge is -2.35. The fourth-order valence-corrected chi connectivity index (χ4v) is 3.93. The van der Waals surface area contributed by atoms with Crippen molar-refractivity contribution in [3.05, 3.63) is 58.0 Å². The van der Waals surface area contributed by atoms with Gasteiger partial charge in [-0.1, -0.05) is 41.5 Å². The van der Waals surface area contributed by atoms with Gasteiger partial charge in [0.2, 0.25) is 0 Å². The highest BCUT2D eigenvalue weighted by atomic mass is 15.2. The first-order valence-corrected chi connectivity index (χ1v) is 7.65. The minimum atomic E-state index is 0.186. The summed E-state index contributed by atoms with van der Waals surface area (Å²) >= 11 is 0. The molecule has 4 heteroatoms. The Morgan fingerprint density at radius 3 is 2.62 bits per heavy atom. The summed E-state index contributed by atoms with van der Waals surface area (Å²) in [5.74, 6) is 0. The Labute approximate surface area is 124 Å². The Balaban J connectivity index is 1.62. The number of azide groups is 1. The summed E-state index contributed by atoms with van der Waals surface area (Å²) in [4.78, 5) is 5.52. The van der Waals surface area contributed by atoms with Crippen LogP contribution in [0.1, 0.15) is 30.0 Å². The van der Waals surface area contributed by atoms with Crippen molar-refractivity contribution in [1.29, 1.82) is 0 Å². The van der Waals surface area contributed by atoms with Gasteiger partial charge in [0.05, 0.1) is 0 Å². The van der Waals surface area contributed by atoms with E-state index in [0.29, 0.717) is 6.04 Å². The van der Waals surface area contributed by atoms with E-state index >= 15 is 0 Å². The number of piperidine rings is 1. The molecule has 1 atom stereocenters. The molecule has 106 valence electrons. The highest BCUT2D eigenvalue weighted by molar-refractivity contribution is 5.91. The third-order valence-electron chi connectivity index (χ3n) is 4.95. The molecule has 4 nitrogen and oxygen atoms in total. The van der Waals surface area contributed by atoms with Crippen LogP contribution in [0.5, 0.6) is 0 Å². The SMILES string of the molecule is [N-]=[N+]=NC1CCN(C2Cc3cccc4cccc2c34)CC1. The van der Waals surface area contributed by atoms with Crippen LogP contribution in [0.3, 0.4) is 0 Å². The second-order valence-corrected chi connectivity index (χ2v) is 6.05. The number of hydrogen-bond donors (Lipinski definition) is 0. The Morgan fingerprint density at radius 2 is 1.86 bits per heavy atom. The maximum absolute atomic E-state index is 8.56. The van der Waals surface area contributed by atoms with Crippen LogP contribution in [0.25, 0.3) is 21.2 Å². The van der Waals surface area contributed by atoms with Gasteiger partial charge in [-0.15, -0.1) is 0 Å². The van der Waals surface area contributed by atoms with Crippen molar-refractivity contribution in [2.75, 3.05) is 13.1 Å². The molecule has 0 saturated carbocycles. The van der Waals surface area contributed by atoms with E-state index in [1.165, 1.54) is 21.9 Å². The average molecular weight is 278 g/mol. The fourth-order valence-electron chi connectivity index (χ4n) is 3.93. The second-order valence-electron chi connectivity index (χ2n) is 6.05. The molecule has 2 aliphatic rings. The van der Waals surface area contributed by atoms with Crippen LogP contribution in [0, 0.1) is 0 Å². The van der Waals surface area contributed by atoms with E-state index in [9.17, 15) is 0 Å². The molecule has 4 rings (SSSR count). The van der Waals surface area contributed by atoms with Crippen LogP contribution >= 0.6 is 0 Å². The summed E-state index contributed by atoms with van der Waals surface area (Å²) in [5.41, 5.74) is 11.5. The molecule has 0 spiro atoms. The Kier molecular flexibility index (Phi) is 3.06. The van der Waals surface area contributed by atoms with Gasteiger partial charge in [-0.25, -0.2) is 0 Å². The largest absolute Gasteiger partial charge is 0.296 e. The van der Waals surface area contributed by atoms with Crippen molar-refractivity contribution in [2.45, 2.75) is 31.3 Å². The number of nitrogens with zero attached hydrogens (tertiary/aromatic N) is 4.